The normalized spacial score (nSPS) is 12.4. The number of rotatable bonds is 6. The molecule has 1 heterocycles. The SMILES string of the molecule is C=CCNCC(C)Sc1ncccc1Br. The fourth-order valence-corrected chi connectivity index (χ4v) is 2.50. The van der Waals surface area contributed by atoms with E-state index in [4.69, 9.17) is 0 Å². The number of pyridine rings is 1. The van der Waals surface area contributed by atoms with E-state index in [1.807, 2.05) is 24.4 Å². The van der Waals surface area contributed by atoms with Gasteiger partial charge in [0.15, 0.2) is 0 Å². The molecule has 0 radical (unpaired) electrons. The largest absolute Gasteiger partial charge is 0.312 e. The van der Waals surface area contributed by atoms with E-state index in [1.54, 1.807) is 11.8 Å². The Hall–Kier alpha value is -0.320. The van der Waals surface area contributed by atoms with Gasteiger partial charge in [-0.1, -0.05) is 13.0 Å². The van der Waals surface area contributed by atoms with E-state index in [1.165, 1.54) is 0 Å². The maximum absolute atomic E-state index is 4.31. The van der Waals surface area contributed by atoms with Crippen LogP contribution in [-0.2, 0) is 0 Å². The molecule has 0 amide bonds. The highest BCUT2D eigenvalue weighted by Crippen LogP contribution is 2.27. The highest BCUT2D eigenvalue weighted by molar-refractivity contribution is 9.10. The zero-order valence-corrected chi connectivity index (χ0v) is 11.1. The molecular weight excluding hydrogens is 272 g/mol. The Labute approximate surface area is 104 Å². The topological polar surface area (TPSA) is 24.9 Å². The van der Waals surface area contributed by atoms with Crippen LogP contribution >= 0.6 is 27.7 Å². The van der Waals surface area contributed by atoms with Crippen LogP contribution < -0.4 is 5.32 Å². The minimum atomic E-state index is 0.496. The second-order valence-electron chi connectivity index (χ2n) is 3.17. The predicted octanol–water partition coefficient (Wildman–Crippen LogP) is 3.10. The molecule has 1 atom stereocenters. The van der Waals surface area contributed by atoms with Crippen molar-refractivity contribution < 1.29 is 0 Å². The molecule has 0 aliphatic rings. The van der Waals surface area contributed by atoms with E-state index >= 15 is 0 Å². The Balaban J connectivity index is 2.40. The summed E-state index contributed by atoms with van der Waals surface area (Å²) in [5.41, 5.74) is 0. The summed E-state index contributed by atoms with van der Waals surface area (Å²) in [4.78, 5) is 4.31. The van der Waals surface area contributed by atoms with E-state index in [9.17, 15) is 0 Å². The van der Waals surface area contributed by atoms with E-state index in [2.05, 4.69) is 39.7 Å². The van der Waals surface area contributed by atoms with Crippen LogP contribution in [0.2, 0.25) is 0 Å². The minimum absolute atomic E-state index is 0.496. The molecule has 82 valence electrons. The van der Waals surface area contributed by atoms with Gasteiger partial charge in [0.1, 0.15) is 5.03 Å². The summed E-state index contributed by atoms with van der Waals surface area (Å²) in [6, 6.07) is 3.94. The van der Waals surface area contributed by atoms with Gasteiger partial charge < -0.3 is 5.32 Å². The molecule has 0 aliphatic heterocycles. The zero-order chi connectivity index (χ0) is 11.1. The van der Waals surface area contributed by atoms with E-state index < -0.39 is 0 Å². The molecular formula is C11H15BrN2S. The number of thioether (sulfide) groups is 1. The van der Waals surface area contributed by atoms with Crippen LogP contribution in [0.1, 0.15) is 6.92 Å². The lowest BCUT2D eigenvalue weighted by Gasteiger charge is -2.11. The van der Waals surface area contributed by atoms with Crippen LogP contribution in [0.5, 0.6) is 0 Å². The summed E-state index contributed by atoms with van der Waals surface area (Å²) in [6.45, 7) is 7.66. The van der Waals surface area contributed by atoms with Crippen molar-refractivity contribution >= 4 is 27.7 Å². The molecule has 1 rings (SSSR count). The summed E-state index contributed by atoms with van der Waals surface area (Å²) in [5.74, 6) is 0. The maximum atomic E-state index is 4.31. The van der Waals surface area contributed by atoms with Crippen LogP contribution in [-0.4, -0.2) is 23.3 Å². The van der Waals surface area contributed by atoms with Crippen molar-refractivity contribution in [3.63, 3.8) is 0 Å². The van der Waals surface area contributed by atoms with Gasteiger partial charge in [0.2, 0.25) is 0 Å². The summed E-state index contributed by atoms with van der Waals surface area (Å²) in [5, 5.41) is 4.84. The summed E-state index contributed by atoms with van der Waals surface area (Å²) < 4.78 is 1.06. The van der Waals surface area contributed by atoms with Gasteiger partial charge in [-0.15, -0.1) is 18.3 Å². The fraction of sp³-hybridized carbons (Fsp3) is 0.364. The van der Waals surface area contributed by atoms with Gasteiger partial charge in [0.25, 0.3) is 0 Å². The van der Waals surface area contributed by atoms with E-state index in [0.717, 1.165) is 22.6 Å². The molecule has 0 fully saturated rings. The van der Waals surface area contributed by atoms with Crippen molar-refractivity contribution in [3.8, 4) is 0 Å². The van der Waals surface area contributed by atoms with Gasteiger partial charge in [0.05, 0.1) is 0 Å². The Morgan fingerprint density at radius 3 is 3.20 bits per heavy atom. The molecule has 0 saturated carbocycles. The summed E-state index contributed by atoms with van der Waals surface area (Å²) in [6.07, 6.45) is 3.69. The molecule has 15 heavy (non-hydrogen) atoms. The summed E-state index contributed by atoms with van der Waals surface area (Å²) in [7, 11) is 0. The van der Waals surface area contributed by atoms with Crippen LogP contribution in [0.4, 0.5) is 0 Å². The molecule has 0 aromatic carbocycles. The molecule has 1 N–H and O–H groups in total. The number of hydrogen-bond acceptors (Lipinski definition) is 3. The first-order chi connectivity index (χ1) is 7.24. The molecule has 0 bridgehead atoms. The lowest BCUT2D eigenvalue weighted by atomic mass is 10.4. The lowest BCUT2D eigenvalue weighted by Crippen LogP contribution is -2.22. The Bertz CT molecular complexity index is 317. The van der Waals surface area contributed by atoms with Crippen molar-refractivity contribution in [2.75, 3.05) is 13.1 Å². The van der Waals surface area contributed by atoms with Crippen LogP contribution in [0.15, 0.2) is 40.5 Å². The number of nitrogens with zero attached hydrogens (tertiary/aromatic N) is 1. The monoisotopic (exact) mass is 286 g/mol. The first kappa shape index (κ1) is 12.7. The summed E-state index contributed by atoms with van der Waals surface area (Å²) >= 11 is 5.25. The van der Waals surface area contributed by atoms with Crippen molar-refractivity contribution in [2.45, 2.75) is 17.2 Å². The smallest absolute Gasteiger partial charge is 0.110 e. The second-order valence-corrected chi connectivity index (χ2v) is 5.45. The first-order valence-electron chi connectivity index (χ1n) is 4.83. The molecule has 1 aromatic rings. The van der Waals surface area contributed by atoms with Gasteiger partial charge in [-0.3, -0.25) is 0 Å². The van der Waals surface area contributed by atoms with E-state index in [-0.39, 0.29) is 0 Å². The van der Waals surface area contributed by atoms with Crippen molar-refractivity contribution in [3.05, 3.63) is 35.5 Å². The van der Waals surface area contributed by atoms with Crippen LogP contribution in [0.3, 0.4) is 0 Å². The third-order valence-corrected chi connectivity index (χ3v) is 3.78. The van der Waals surface area contributed by atoms with Crippen molar-refractivity contribution in [2.24, 2.45) is 0 Å². The van der Waals surface area contributed by atoms with Crippen LogP contribution in [0.25, 0.3) is 0 Å². The second kappa shape index (κ2) is 7.04. The number of hydrogen-bond donors (Lipinski definition) is 1. The molecule has 0 spiro atoms. The Kier molecular flexibility index (Phi) is 5.98. The van der Waals surface area contributed by atoms with Crippen molar-refractivity contribution in [1.82, 2.24) is 10.3 Å². The average molecular weight is 287 g/mol. The van der Waals surface area contributed by atoms with Crippen molar-refractivity contribution in [1.29, 1.82) is 0 Å². The highest BCUT2D eigenvalue weighted by Gasteiger charge is 2.07. The van der Waals surface area contributed by atoms with Gasteiger partial charge in [-0.05, 0) is 28.1 Å². The first-order valence-corrected chi connectivity index (χ1v) is 6.50. The molecule has 4 heteroatoms. The standard InChI is InChI=1S/C11H15BrN2S/c1-3-6-13-8-9(2)15-11-10(12)5-4-7-14-11/h3-5,7,9,13H,1,6,8H2,2H3. The molecule has 0 aliphatic carbocycles. The molecule has 1 aromatic heterocycles. The lowest BCUT2D eigenvalue weighted by molar-refractivity contribution is 0.739. The van der Waals surface area contributed by atoms with Crippen LogP contribution in [0, 0.1) is 0 Å². The highest BCUT2D eigenvalue weighted by atomic mass is 79.9. The number of aromatic nitrogens is 1. The van der Waals surface area contributed by atoms with Gasteiger partial charge in [0, 0.05) is 29.0 Å². The van der Waals surface area contributed by atoms with Gasteiger partial charge in [-0.25, -0.2) is 4.98 Å². The zero-order valence-electron chi connectivity index (χ0n) is 8.74. The third-order valence-electron chi connectivity index (χ3n) is 1.76. The Morgan fingerprint density at radius 2 is 2.53 bits per heavy atom. The third kappa shape index (κ3) is 4.82. The van der Waals surface area contributed by atoms with Gasteiger partial charge in [-0.2, -0.15) is 0 Å². The predicted molar refractivity (Wildman–Crippen MR) is 70.3 cm³/mol. The van der Waals surface area contributed by atoms with Gasteiger partial charge >= 0.3 is 0 Å². The molecule has 2 nitrogen and oxygen atoms in total. The molecule has 0 saturated heterocycles. The van der Waals surface area contributed by atoms with E-state index in [0.29, 0.717) is 5.25 Å². The number of nitrogens with one attached hydrogen (secondary N) is 1. The fourth-order valence-electron chi connectivity index (χ4n) is 1.08. The molecule has 1 unspecified atom stereocenters. The Morgan fingerprint density at radius 1 is 1.73 bits per heavy atom. The number of halogens is 1. The average Bonchev–Trinajstić information content (AvgIpc) is 2.22. The minimum Gasteiger partial charge on any atom is -0.312 e. The quantitative estimate of drug-likeness (QED) is 0.494. The maximum Gasteiger partial charge on any atom is 0.110 e.